The van der Waals surface area contributed by atoms with E-state index in [-0.39, 0.29) is 0 Å². The average Bonchev–Trinajstić information content (AvgIpc) is 2.59. The number of rotatable bonds is 4. The lowest BCUT2D eigenvalue weighted by Gasteiger charge is -2.17. The summed E-state index contributed by atoms with van der Waals surface area (Å²) in [5.41, 5.74) is 0. The minimum Gasteiger partial charge on any atom is -0.301 e. The Morgan fingerprint density at radius 2 is 1.87 bits per heavy atom. The van der Waals surface area contributed by atoms with Crippen molar-refractivity contribution < 1.29 is 0 Å². The van der Waals surface area contributed by atoms with Gasteiger partial charge in [0.2, 0.25) is 0 Å². The lowest BCUT2D eigenvalue weighted by molar-refractivity contribution is 0.276. The van der Waals surface area contributed by atoms with E-state index in [9.17, 15) is 0 Å². The Bertz CT molecular complexity index is 142. The van der Waals surface area contributed by atoms with E-state index in [4.69, 9.17) is 0 Å². The third kappa shape index (κ3) is 5.55. The molecule has 0 spiro atoms. The van der Waals surface area contributed by atoms with Crippen molar-refractivity contribution in [3.05, 3.63) is 0 Å². The zero-order valence-electron chi connectivity index (χ0n) is 11.7. The fraction of sp³-hybridized carbons (Fsp3) is 1.00. The molecule has 0 radical (unpaired) electrons. The molecule has 0 aromatic carbocycles. The highest BCUT2D eigenvalue weighted by Crippen LogP contribution is 2.27. The Hall–Kier alpha value is -0.0400. The zero-order valence-corrected chi connectivity index (χ0v) is 11.7. The molecule has 0 aliphatic carbocycles. The number of nitrogens with zero attached hydrogens (tertiary/aromatic N) is 1. The molecular formula is C14H31N. The van der Waals surface area contributed by atoms with Gasteiger partial charge in [-0.05, 0) is 38.1 Å². The predicted molar refractivity (Wildman–Crippen MR) is 70.2 cm³/mol. The maximum absolute atomic E-state index is 2.62. The molecule has 0 saturated carbocycles. The first-order valence-electron chi connectivity index (χ1n) is 6.87. The molecule has 2 atom stereocenters. The van der Waals surface area contributed by atoms with E-state index >= 15 is 0 Å². The smallest absolute Gasteiger partial charge is 0.00700 e. The summed E-state index contributed by atoms with van der Waals surface area (Å²) in [6.45, 7) is 15.9. The second-order valence-corrected chi connectivity index (χ2v) is 5.01. The van der Waals surface area contributed by atoms with Gasteiger partial charge in [-0.15, -0.1) is 0 Å². The van der Waals surface area contributed by atoms with Crippen LogP contribution in [0.25, 0.3) is 0 Å². The van der Waals surface area contributed by atoms with Gasteiger partial charge in [-0.2, -0.15) is 0 Å². The Morgan fingerprint density at radius 1 is 1.27 bits per heavy atom. The Morgan fingerprint density at radius 3 is 2.27 bits per heavy atom. The Kier molecular flexibility index (Phi) is 8.13. The fourth-order valence-corrected chi connectivity index (χ4v) is 2.44. The van der Waals surface area contributed by atoms with Gasteiger partial charge < -0.3 is 4.90 Å². The second kappa shape index (κ2) is 8.15. The summed E-state index contributed by atoms with van der Waals surface area (Å²) in [5.74, 6) is 1.86. The summed E-state index contributed by atoms with van der Waals surface area (Å²) in [6.07, 6.45) is 4.29. The summed E-state index contributed by atoms with van der Waals surface area (Å²) >= 11 is 0. The van der Waals surface area contributed by atoms with Crippen molar-refractivity contribution in [1.29, 1.82) is 0 Å². The van der Waals surface area contributed by atoms with E-state index < -0.39 is 0 Å². The first-order chi connectivity index (χ1) is 7.13. The minimum absolute atomic E-state index is 0.835. The summed E-state index contributed by atoms with van der Waals surface area (Å²) in [5, 5.41) is 0. The first-order valence-corrected chi connectivity index (χ1v) is 6.87. The average molecular weight is 213 g/mol. The number of hydrogen-bond donors (Lipinski definition) is 0. The molecule has 0 aromatic rings. The molecule has 1 aliphatic heterocycles. The van der Waals surface area contributed by atoms with E-state index in [1.54, 1.807) is 0 Å². The molecule has 0 aromatic heterocycles. The van der Waals surface area contributed by atoms with Crippen LogP contribution in [0.4, 0.5) is 0 Å². The topological polar surface area (TPSA) is 3.24 Å². The molecule has 1 heterocycles. The van der Waals surface area contributed by atoms with Crippen LogP contribution >= 0.6 is 0 Å². The van der Waals surface area contributed by atoms with Crippen molar-refractivity contribution in [3.8, 4) is 0 Å². The van der Waals surface area contributed by atoms with Crippen molar-refractivity contribution in [2.45, 2.75) is 66.8 Å². The van der Waals surface area contributed by atoms with Gasteiger partial charge in [-0.3, -0.25) is 0 Å². The molecule has 1 nitrogen and oxygen atoms in total. The maximum atomic E-state index is 2.62. The van der Waals surface area contributed by atoms with Gasteiger partial charge in [0, 0.05) is 12.6 Å². The van der Waals surface area contributed by atoms with Crippen molar-refractivity contribution in [2.24, 2.45) is 11.8 Å². The molecule has 1 aliphatic rings. The molecule has 0 N–H and O–H groups in total. The highest BCUT2D eigenvalue weighted by Gasteiger charge is 2.27. The quantitative estimate of drug-likeness (QED) is 0.677. The summed E-state index contributed by atoms with van der Waals surface area (Å²) in [4.78, 5) is 2.62. The normalized spacial score (nSPS) is 26.6. The van der Waals surface area contributed by atoms with E-state index in [1.807, 2.05) is 13.8 Å². The van der Waals surface area contributed by atoms with Crippen molar-refractivity contribution in [2.75, 3.05) is 13.1 Å². The van der Waals surface area contributed by atoms with Gasteiger partial charge >= 0.3 is 0 Å². The third-order valence-electron chi connectivity index (χ3n) is 3.35. The van der Waals surface area contributed by atoms with Crippen LogP contribution in [0.5, 0.6) is 0 Å². The molecule has 15 heavy (non-hydrogen) atoms. The lowest BCUT2D eigenvalue weighted by atomic mass is 9.96. The maximum Gasteiger partial charge on any atom is 0.00700 e. The SMILES string of the molecule is CC.CCN1CC(CCC(C)C)CC1C. The van der Waals surface area contributed by atoms with E-state index in [0.29, 0.717) is 0 Å². The van der Waals surface area contributed by atoms with Crippen LogP contribution in [0.3, 0.4) is 0 Å². The molecule has 92 valence electrons. The predicted octanol–water partition coefficient (Wildman–Crippen LogP) is 4.18. The van der Waals surface area contributed by atoms with Crippen LogP contribution in [0.15, 0.2) is 0 Å². The second-order valence-electron chi connectivity index (χ2n) is 5.01. The third-order valence-corrected chi connectivity index (χ3v) is 3.35. The summed E-state index contributed by atoms with van der Waals surface area (Å²) < 4.78 is 0. The largest absolute Gasteiger partial charge is 0.301 e. The molecule has 0 amide bonds. The highest BCUT2D eigenvalue weighted by molar-refractivity contribution is 4.81. The fourth-order valence-electron chi connectivity index (χ4n) is 2.44. The van der Waals surface area contributed by atoms with Crippen LogP contribution in [-0.2, 0) is 0 Å². The molecular weight excluding hydrogens is 182 g/mol. The van der Waals surface area contributed by atoms with Gasteiger partial charge in [0.1, 0.15) is 0 Å². The monoisotopic (exact) mass is 213 g/mol. The van der Waals surface area contributed by atoms with Gasteiger partial charge in [-0.25, -0.2) is 0 Å². The molecule has 1 heteroatoms. The van der Waals surface area contributed by atoms with Gasteiger partial charge in [0.15, 0.2) is 0 Å². The summed E-state index contributed by atoms with van der Waals surface area (Å²) in [6, 6.07) is 0.835. The zero-order chi connectivity index (χ0) is 11.8. The van der Waals surface area contributed by atoms with Crippen molar-refractivity contribution >= 4 is 0 Å². The first kappa shape index (κ1) is 15.0. The number of hydrogen-bond acceptors (Lipinski definition) is 1. The van der Waals surface area contributed by atoms with E-state index in [2.05, 4.69) is 32.6 Å². The summed E-state index contributed by atoms with van der Waals surface area (Å²) in [7, 11) is 0. The van der Waals surface area contributed by atoms with Crippen LogP contribution in [0.2, 0.25) is 0 Å². The van der Waals surface area contributed by atoms with Crippen LogP contribution in [-0.4, -0.2) is 24.0 Å². The van der Waals surface area contributed by atoms with Gasteiger partial charge in [0.25, 0.3) is 0 Å². The standard InChI is InChI=1S/C12H25N.C2H6/c1-5-13-9-12(8-11(13)4)7-6-10(2)3;1-2/h10-12H,5-9H2,1-4H3;1-2H3. The molecule has 0 bridgehead atoms. The highest BCUT2D eigenvalue weighted by atomic mass is 15.2. The van der Waals surface area contributed by atoms with Crippen molar-refractivity contribution in [1.82, 2.24) is 4.90 Å². The molecule has 1 fully saturated rings. The minimum atomic E-state index is 0.835. The number of likely N-dealkylation sites (tertiary alicyclic amines) is 1. The molecule has 1 saturated heterocycles. The lowest BCUT2D eigenvalue weighted by Crippen LogP contribution is -2.26. The Balaban J connectivity index is 0.000000921. The van der Waals surface area contributed by atoms with Gasteiger partial charge in [0.05, 0.1) is 0 Å². The van der Waals surface area contributed by atoms with Crippen molar-refractivity contribution in [3.63, 3.8) is 0 Å². The molecule has 1 rings (SSSR count). The molecule has 2 unspecified atom stereocenters. The van der Waals surface area contributed by atoms with Gasteiger partial charge in [-0.1, -0.05) is 41.0 Å². The van der Waals surface area contributed by atoms with Crippen LogP contribution < -0.4 is 0 Å². The Labute approximate surface area is 97.2 Å². The van der Waals surface area contributed by atoms with Crippen LogP contribution in [0, 0.1) is 11.8 Å². The van der Waals surface area contributed by atoms with E-state index in [1.165, 1.54) is 32.4 Å². The van der Waals surface area contributed by atoms with E-state index in [0.717, 1.165) is 17.9 Å². The van der Waals surface area contributed by atoms with Crippen LogP contribution in [0.1, 0.15) is 60.8 Å².